The zero-order valence-electron chi connectivity index (χ0n) is 8.68. The Bertz CT molecular complexity index is 326. The Balaban J connectivity index is 2.01. The highest BCUT2D eigenvalue weighted by atomic mass is 32.2. The van der Waals surface area contributed by atoms with E-state index in [1.165, 1.54) is 11.5 Å². The van der Waals surface area contributed by atoms with E-state index in [0.29, 0.717) is 23.4 Å². The molecule has 82 valence electrons. The third-order valence-electron chi connectivity index (χ3n) is 2.87. The molecule has 1 saturated carbocycles. The van der Waals surface area contributed by atoms with Crippen LogP contribution in [-0.4, -0.2) is 20.4 Å². The van der Waals surface area contributed by atoms with Crippen LogP contribution in [0, 0.1) is 5.92 Å². The van der Waals surface area contributed by atoms with Crippen LogP contribution in [0.25, 0.3) is 0 Å². The predicted molar refractivity (Wildman–Crippen MR) is 62.2 cm³/mol. The highest BCUT2D eigenvalue weighted by molar-refractivity contribution is 8.01. The molecule has 5 heteroatoms. The van der Waals surface area contributed by atoms with Crippen molar-refractivity contribution in [3.8, 4) is 0 Å². The molecule has 2 unspecified atom stereocenters. The van der Waals surface area contributed by atoms with Crippen LogP contribution in [0.2, 0.25) is 0 Å². The molecule has 2 rings (SSSR count). The van der Waals surface area contributed by atoms with Crippen molar-refractivity contribution in [2.75, 3.05) is 0 Å². The zero-order valence-corrected chi connectivity index (χ0v) is 10.3. The van der Waals surface area contributed by atoms with Crippen molar-refractivity contribution in [1.82, 2.24) is 9.36 Å². The molecular formula is C10H14N2OS2. The van der Waals surface area contributed by atoms with Crippen molar-refractivity contribution in [2.45, 2.75) is 42.2 Å². The van der Waals surface area contributed by atoms with Crippen molar-refractivity contribution < 1.29 is 4.79 Å². The number of ketones is 1. The van der Waals surface area contributed by atoms with Crippen molar-refractivity contribution in [3.05, 3.63) is 6.33 Å². The fourth-order valence-electron chi connectivity index (χ4n) is 1.97. The van der Waals surface area contributed by atoms with Gasteiger partial charge in [-0.3, -0.25) is 4.79 Å². The second-order valence-corrected chi connectivity index (χ2v) is 6.08. The van der Waals surface area contributed by atoms with Crippen LogP contribution in [-0.2, 0) is 4.79 Å². The lowest BCUT2D eigenvalue weighted by atomic mass is 9.86. The zero-order chi connectivity index (χ0) is 10.7. The Kier molecular flexibility index (Phi) is 3.75. The summed E-state index contributed by atoms with van der Waals surface area (Å²) in [5, 5.41) is 0.421. The number of Topliss-reactive ketones (excluding diaryl/α,β-unsaturated/α-hetero) is 1. The molecule has 0 saturated heterocycles. The number of carbonyl (C=O) groups excluding carboxylic acids is 1. The van der Waals surface area contributed by atoms with E-state index < -0.39 is 0 Å². The summed E-state index contributed by atoms with van der Waals surface area (Å²) in [6.45, 7) is 2.20. The van der Waals surface area contributed by atoms with Gasteiger partial charge in [-0.1, -0.05) is 25.1 Å². The predicted octanol–water partition coefficient (Wildman–Crippen LogP) is 2.78. The largest absolute Gasteiger partial charge is 0.300 e. The lowest BCUT2D eigenvalue weighted by molar-refractivity contribution is -0.120. The van der Waals surface area contributed by atoms with Gasteiger partial charge in [-0.2, -0.15) is 4.37 Å². The van der Waals surface area contributed by atoms with Gasteiger partial charge in [0.2, 0.25) is 0 Å². The Morgan fingerprint density at radius 2 is 2.53 bits per heavy atom. The first kappa shape index (κ1) is 11.1. The molecule has 1 heterocycles. The average molecular weight is 242 g/mol. The van der Waals surface area contributed by atoms with E-state index >= 15 is 0 Å². The van der Waals surface area contributed by atoms with Gasteiger partial charge in [0.1, 0.15) is 12.1 Å². The van der Waals surface area contributed by atoms with Gasteiger partial charge in [0.05, 0.1) is 0 Å². The summed E-state index contributed by atoms with van der Waals surface area (Å²) in [7, 11) is 0. The van der Waals surface area contributed by atoms with E-state index in [4.69, 9.17) is 0 Å². The third kappa shape index (κ3) is 2.78. The summed E-state index contributed by atoms with van der Waals surface area (Å²) in [6, 6.07) is 0. The van der Waals surface area contributed by atoms with E-state index in [9.17, 15) is 4.79 Å². The maximum Gasteiger partial charge on any atom is 0.170 e. The SMILES string of the molecule is CCC1CCC(=O)CC1Sc1ncns1. The van der Waals surface area contributed by atoms with Crippen molar-refractivity contribution in [1.29, 1.82) is 0 Å². The maximum atomic E-state index is 11.4. The number of rotatable bonds is 3. The molecule has 0 aliphatic heterocycles. The summed E-state index contributed by atoms with van der Waals surface area (Å²) in [6.07, 6.45) is 5.27. The molecule has 0 radical (unpaired) electrons. The summed E-state index contributed by atoms with van der Waals surface area (Å²) in [5.41, 5.74) is 0. The lowest BCUT2D eigenvalue weighted by Crippen LogP contribution is -2.26. The topological polar surface area (TPSA) is 42.9 Å². The van der Waals surface area contributed by atoms with Crippen LogP contribution in [0.4, 0.5) is 0 Å². The summed E-state index contributed by atoms with van der Waals surface area (Å²) >= 11 is 3.15. The van der Waals surface area contributed by atoms with Crippen LogP contribution in [0.15, 0.2) is 10.7 Å². The third-order valence-corrected chi connectivity index (χ3v) is 5.00. The van der Waals surface area contributed by atoms with E-state index in [0.717, 1.165) is 23.6 Å². The van der Waals surface area contributed by atoms with Gasteiger partial charge in [0.15, 0.2) is 4.34 Å². The van der Waals surface area contributed by atoms with Crippen LogP contribution in [0.1, 0.15) is 32.6 Å². The minimum absolute atomic E-state index is 0.404. The van der Waals surface area contributed by atoms with E-state index in [2.05, 4.69) is 16.3 Å². The minimum atomic E-state index is 0.404. The van der Waals surface area contributed by atoms with Crippen LogP contribution in [0.3, 0.4) is 0 Å². The standard InChI is InChI=1S/C10H14N2OS2/c1-2-7-3-4-8(13)5-9(7)14-10-11-6-12-15-10/h6-7,9H,2-5H2,1H3. The summed E-state index contributed by atoms with van der Waals surface area (Å²) in [5.74, 6) is 1.07. The molecule has 1 aromatic heterocycles. The van der Waals surface area contributed by atoms with Gasteiger partial charge in [0.25, 0.3) is 0 Å². The molecule has 2 atom stereocenters. The van der Waals surface area contributed by atoms with Gasteiger partial charge in [0, 0.05) is 18.1 Å². The Hall–Kier alpha value is -0.420. The normalized spacial score (nSPS) is 26.9. The Morgan fingerprint density at radius 3 is 3.20 bits per heavy atom. The van der Waals surface area contributed by atoms with E-state index in [1.807, 2.05) is 0 Å². The molecular weight excluding hydrogens is 228 g/mol. The van der Waals surface area contributed by atoms with E-state index in [1.54, 1.807) is 18.1 Å². The molecule has 1 aliphatic carbocycles. The molecule has 0 amide bonds. The minimum Gasteiger partial charge on any atom is -0.300 e. The quantitative estimate of drug-likeness (QED) is 0.817. The maximum absolute atomic E-state index is 11.4. The fraction of sp³-hybridized carbons (Fsp3) is 0.700. The Morgan fingerprint density at radius 1 is 1.67 bits per heavy atom. The first-order valence-corrected chi connectivity index (χ1v) is 6.90. The Labute approximate surface area is 97.9 Å². The molecule has 15 heavy (non-hydrogen) atoms. The van der Waals surface area contributed by atoms with Crippen LogP contribution >= 0.6 is 23.3 Å². The van der Waals surface area contributed by atoms with E-state index in [-0.39, 0.29) is 0 Å². The highest BCUT2D eigenvalue weighted by Crippen LogP contribution is 2.37. The fourth-order valence-corrected chi connectivity index (χ4v) is 4.08. The molecule has 0 aromatic carbocycles. The van der Waals surface area contributed by atoms with Crippen LogP contribution in [0.5, 0.6) is 0 Å². The number of thioether (sulfide) groups is 1. The van der Waals surface area contributed by atoms with Crippen molar-refractivity contribution in [2.24, 2.45) is 5.92 Å². The summed E-state index contributed by atoms with van der Waals surface area (Å²) in [4.78, 5) is 15.6. The smallest absolute Gasteiger partial charge is 0.170 e. The second-order valence-electron chi connectivity index (χ2n) is 3.81. The molecule has 1 aliphatic rings. The lowest BCUT2D eigenvalue weighted by Gasteiger charge is -2.28. The molecule has 1 aromatic rings. The molecule has 0 N–H and O–H groups in total. The molecule has 0 spiro atoms. The molecule has 3 nitrogen and oxygen atoms in total. The van der Waals surface area contributed by atoms with Crippen molar-refractivity contribution in [3.63, 3.8) is 0 Å². The van der Waals surface area contributed by atoms with Gasteiger partial charge in [-0.15, -0.1) is 0 Å². The molecule has 0 bridgehead atoms. The second kappa shape index (κ2) is 5.07. The number of hydrogen-bond acceptors (Lipinski definition) is 5. The summed E-state index contributed by atoms with van der Waals surface area (Å²) < 4.78 is 4.98. The number of carbonyl (C=O) groups is 1. The average Bonchev–Trinajstić information content (AvgIpc) is 2.71. The van der Waals surface area contributed by atoms with Crippen molar-refractivity contribution >= 4 is 29.1 Å². The number of hydrogen-bond donors (Lipinski definition) is 0. The highest BCUT2D eigenvalue weighted by Gasteiger charge is 2.29. The van der Waals surface area contributed by atoms with Gasteiger partial charge in [-0.25, -0.2) is 4.98 Å². The van der Waals surface area contributed by atoms with Gasteiger partial charge in [-0.05, 0) is 23.9 Å². The molecule has 1 fully saturated rings. The van der Waals surface area contributed by atoms with Crippen LogP contribution < -0.4 is 0 Å². The first-order valence-electron chi connectivity index (χ1n) is 5.24. The number of nitrogens with zero attached hydrogens (tertiary/aromatic N) is 2. The number of aromatic nitrogens is 2. The van der Waals surface area contributed by atoms with Gasteiger partial charge >= 0.3 is 0 Å². The monoisotopic (exact) mass is 242 g/mol. The first-order chi connectivity index (χ1) is 7.29. The van der Waals surface area contributed by atoms with Gasteiger partial charge < -0.3 is 0 Å².